The molecule has 12 heteroatoms. The molecule has 2 amide bonds. The van der Waals surface area contributed by atoms with Crippen LogP contribution in [0.4, 0.5) is 17.1 Å². The van der Waals surface area contributed by atoms with Gasteiger partial charge in [0.15, 0.2) is 5.60 Å². The summed E-state index contributed by atoms with van der Waals surface area (Å²) in [5, 5.41) is 42.1. The van der Waals surface area contributed by atoms with Gasteiger partial charge in [0.25, 0.3) is 11.6 Å². The molecular formula is C35H36N6O6. The maximum atomic E-state index is 14.0. The van der Waals surface area contributed by atoms with Gasteiger partial charge >= 0.3 is 0 Å². The molecule has 1 saturated heterocycles. The normalized spacial score (nSPS) is 19.0. The Morgan fingerprint density at radius 3 is 2.62 bits per heavy atom. The van der Waals surface area contributed by atoms with Gasteiger partial charge in [-0.2, -0.15) is 0 Å². The second-order valence-electron chi connectivity index (χ2n) is 12.0. The van der Waals surface area contributed by atoms with Gasteiger partial charge in [-0.05, 0) is 42.2 Å². The number of non-ortho nitro benzene ring substituents is 1. The van der Waals surface area contributed by atoms with Crippen LogP contribution in [0.25, 0.3) is 0 Å². The first-order valence-electron chi connectivity index (χ1n) is 15.7. The Labute approximate surface area is 271 Å². The van der Waals surface area contributed by atoms with Crippen molar-refractivity contribution in [1.29, 1.82) is 0 Å². The Morgan fingerprint density at radius 1 is 1.09 bits per heavy atom. The number of rotatable bonds is 12. The fourth-order valence-corrected chi connectivity index (χ4v) is 6.42. The van der Waals surface area contributed by atoms with E-state index in [-0.39, 0.29) is 36.2 Å². The van der Waals surface area contributed by atoms with Crippen molar-refractivity contribution in [1.82, 2.24) is 15.0 Å². The van der Waals surface area contributed by atoms with E-state index in [2.05, 4.69) is 10.3 Å². The van der Waals surface area contributed by atoms with E-state index in [0.717, 1.165) is 23.2 Å². The number of hydrogen-bond acceptors (Lipinski definition) is 8. The van der Waals surface area contributed by atoms with Crippen molar-refractivity contribution in [2.24, 2.45) is 5.92 Å². The number of carbonyl (C=O) groups excluding carboxylic acids is 2. The molecule has 3 heterocycles. The van der Waals surface area contributed by atoms with Gasteiger partial charge in [0, 0.05) is 55.0 Å². The number of aryl methyl sites for hydroxylation is 1. The van der Waals surface area contributed by atoms with Crippen molar-refractivity contribution >= 4 is 28.9 Å². The van der Waals surface area contributed by atoms with Crippen LogP contribution in [0.15, 0.2) is 91.1 Å². The Bertz CT molecular complexity index is 1820. The largest absolute Gasteiger partial charge is 0.395 e. The number of nitrogens with zero attached hydrogens (tertiary/aromatic N) is 6. The number of fused-ring (bicyclic) bond motifs is 1. The Morgan fingerprint density at radius 2 is 1.89 bits per heavy atom. The quantitative estimate of drug-likeness (QED) is 0.131. The molecule has 2 aliphatic heterocycles. The monoisotopic (exact) mass is 636 g/mol. The van der Waals surface area contributed by atoms with E-state index in [1.54, 1.807) is 28.8 Å². The summed E-state index contributed by atoms with van der Waals surface area (Å²) >= 11 is 0. The Balaban J connectivity index is 1.19. The first kappa shape index (κ1) is 31.8. The Kier molecular flexibility index (Phi) is 8.97. The van der Waals surface area contributed by atoms with Gasteiger partial charge in [-0.25, -0.2) is 0 Å². The molecule has 4 aromatic rings. The third kappa shape index (κ3) is 6.17. The number of anilines is 2. The van der Waals surface area contributed by atoms with E-state index >= 15 is 0 Å². The number of benzene rings is 3. The molecule has 242 valence electrons. The van der Waals surface area contributed by atoms with Crippen LogP contribution in [-0.4, -0.2) is 55.1 Å². The highest BCUT2D eigenvalue weighted by atomic mass is 16.6. The van der Waals surface area contributed by atoms with Gasteiger partial charge < -0.3 is 20.0 Å². The first-order valence-corrected chi connectivity index (χ1v) is 15.7. The SMILES string of the molecule is C[C@@H](/C=C/CCn1cc(C(CO)c2ccccc2)nn1)[C@]1(O)C(=O)N(Cc2cccc(N3CCCC3=O)c2)c2ccc([N+](=O)[O-])cc21. The summed E-state index contributed by atoms with van der Waals surface area (Å²) in [6.07, 6.45) is 7.17. The van der Waals surface area contributed by atoms with E-state index in [9.17, 15) is 29.9 Å². The number of nitro groups is 1. The number of allylic oxidation sites excluding steroid dienone is 1. The van der Waals surface area contributed by atoms with Gasteiger partial charge in [0.05, 0.1) is 35.4 Å². The van der Waals surface area contributed by atoms with E-state index in [4.69, 9.17) is 0 Å². The lowest BCUT2D eigenvalue weighted by atomic mass is 9.82. The third-order valence-electron chi connectivity index (χ3n) is 9.01. The average molecular weight is 637 g/mol. The van der Waals surface area contributed by atoms with Gasteiger partial charge in [-0.1, -0.05) is 66.8 Å². The highest BCUT2D eigenvalue weighted by Gasteiger charge is 2.53. The Hall–Kier alpha value is -5.20. The minimum absolute atomic E-state index is 0.0536. The maximum absolute atomic E-state index is 14.0. The molecule has 0 bridgehead atoms. The molecule has 2 aliphatic rings. The third-order valence-corrected chi connectivity index (χ3v) is 9.01. The van der Waals surface area contributed by atoms with Crippen molar-refractivity contribution < 1.29 is 24.7 Å². The van der Waals surface area contributed by atoms with Gasteiger partial charge in [0.2, 0.25) is 5.91 Å². The highest BCUT2D eigenvalue weighted by Crippen LogP contribution is 2.47. The van der Waals surface area contributed by atoms with Gasteiger partial charge in [-0.15, -0.1) is 5.10 Å². The topological polar surface area (TPSA) is 155 Å². The zero-order valence-electron chi connectivity index (χ0n) is 26.0. The van der Waals surface area contributed by atoms with E-state index in [1.165, 1.54) is 23.1 Å². The summed E-state index contributed by atoms with van der Waals surface area (Å²) in [7, 11) is 0. The number of aromatic nitrogens is 3. The smallest absolute Gasteiger partial charge is 0.269 e. The summed E-state index contributed by atoms with van der Waals surface area (Å²) in [5.74, 6) is -1.54. The maximum Gasteiger partial charge on any atom is 0.269 e. The van der Waals surface area contributed by atoms with E-state index < -0.39 is 22.3 Å². The molecule has 1 fully saturated rings. The van der Waals surface area contributed by atoms with Crippen molar-refractivity contribution in [3.8, 4) is 0 Å². The molecule has 47 heavy (non-hydrogen) atoms. The van der Waals surface area contributed by atoms with Crippen molar-refractivity contribution in [3.63, 3.8) is 0 Å². The second-order valence-corrected chi connectivity index (χ2v) is 12.0. The van der Waals surface area contributed by atoms with Crippen molar-refractivity contribution in [2.75, 3.05) is 23.0 Å². The lowest BCUT2D eigenvalue weighted by Gasteiger charge is -2.27. The van der Waals surface area contributed by atoms with Crippen LogP contribution >= 0.6 is 0 Å². The molecular weight excluding hydrogens is 600 g/mol. The van der Waals surface area contributed by atoms with Gasteiger partial charge in [0.1, 0.15) is 0 Å². The molecule has 2 N–H and O–H groups in total. The average Bonchev–Trinajstić information content (AvgIpc) is 3.78. The summed E-state index contributed by atoms with van der Waals surface area (Å²) in [4.78, 5) is 40.7. The zero-order chi connectivity index (χ0) is 33.1. The molecule has 0 spiro atoms. The first-order chi connectivity index (χ1) is 22.7. The van der Waals surface area contributed by atoms with E-state index in [1.807, 2.05) is 60.7 Å². The lowest BCUT2D eigenvalue weighted by molar-refractivity contribution is -0.385. The molecule has 0 aliphatic carbocycles. The molecule has 0 saturated carbocycles. The lowest BCUT2D eigenvalue weighted by Crippen LogP contribution is -2.44. The molecule has 6 rings (SSSR count). The molecule has 3 atom stereocenters. The van der Waals surface area contributed by atoms with Crippen molar-refractivity contribution in [3.05, 3.63) is 124 Å². The van der Waals surface area contributed by atoms with Crippen LogP contribution in [-0.2, 0) is 28.3 Å². The summed E-state index contributed by atoms with van der Waals surface area (Å²) in [5.41, 5.74) is 1.42. The fourth-order valence-electron chi connectivity index (χ4n) is 6.42. The molecule has 12 nitrogen and oxygen atoms in total. The number of amides is 2. The van der Waals surface area contributed by atoms with Gasteiger partial charge in [-0.3, -0.25) is 24.4 Å². The zero-order valence-corrected chi connectivity index (χ0v) is 26.0. The summed E-state index contributed by atoms with van der Waals surface area (Å²) < 4.78 is 1.68. The van der Waals surface area contributed by atoms with E-state index in [0.29, 0.717) is 37.3 Å². The minimum Gasteiger partial charge on any atom is -0.395 e. The number of carbonyl (C=O) groups is 2. The highest BCUT2D eigenvalue weighted by molar-refractivity contribution is 6.07. The molecule has 0 radical (unpaired) electrons. The van der Waals surface area contributed by atoms with Crippen LogP contribution in [0.3, 0.4) is 0 Å². The van der Waals surface area contributed by atoms with Crippen molar-refractivity contribution in [2.45, 2.75) is 50.8 Å². The predicted octanol–water partition coefficient (Wildman–Crippen LogP) is 4.45. The predicted molar refractivity (Wildman–Crippen MR) is 175 cm³/mol. The second kappa shape index (κ2) is 13.3. The summed E-state index contributed by atoms with van der Waals surface area (Å²) in [6.45, 7) is 2.83. The number of nitro benzene ring substituents is 1. The standard InChI is InChI=1S/C35H36N6O6/c1-24(9-5-6-17-38-22-31(36-37-38)29(23-42)26-11-3-2-4-12-26)35(45)30-20-28(41(46)47)15-16-32(30)40(34(35)44)21-25-10-7-13-27(19-25)39-18-8-14-33(39)43/h2-5,7,9-13,15-16,19-20,22,24,29,42,45H,6,8,14,17-18,21,23H2,1H3/b9-5+/t24-,29?,35+/m0/s1. The molecule has 1 aromatic heterocycles. The molecule has 3 aromatic carbocycles. The van der Waals surface area contributed by atoms with Crippen LogP contribution in [0.1, 0.15) is 54.5 Å². The van der Waals surface area contributed by atoms with Crippen LogP contribution in [0.2, 0.25) is 0 Å². The molecule has 1 unspecified atom stereocenters. The minimum atomic E-state index is -2.04. The van der Waals surface area contributed by atoms with Crippen LogP contribution in [0, 0.1) is 16.0 Å². The fraction of sp³-hybridized carbons (Fsp3) is 0.314. The summed E-state index contributed by atoms with van der Waals surface area (Å²) in [6, 6.07) is 21.1. The number of aliphatic hydroxyl groups is 2. The van der Waals surface area contributed by atoms with Crippen LogP contribution in [0.5, 0.6) is 0 Å². The van der Waals surface area contributed by atoms with Crippen LogP contribution < -0.4 is 9.80 Å². The number of hydrogen-bond donors (Lipinski definition) is 2. The number of aliphatic hydroxyl groups excluding tert-OH is 1.